The van der Waals surface area contributed by atoms with Gasteiger partial charge in [-0.2, -0.15) is 0 Å². The highest BCUT2D eigenvalue weighted by Gasteiger charge is 2.25. The van der Waals surface area contributed by atoms with Crippen LogP contribution in [-0.2, 0) is 14.6 Å². The monoisotopic (exact) mass is 425 g/mol. The maximum Gasteiger partial charge on any atom is 0.180 e. The molecule has 148 valence electrons. The third-order valence-corrected chi connectivity index (χ3v) is 7.70. The minimum Gasteiger partial charge on any atom is -0.377 e. The summed E-state index contributed by atoms with van der Waals surface area (Å²) in [6, 6.07) is 12.9. The average molecular weight is 426 g/mol. The molecule has 1 N–H and O–H groups in total. The van der Waals surface area contributed by atoms with Gasteiger partial charge in [0.1, 0.15) is 0 Å². The Morgan fingerprint density at radius 2 is 2.03 bits per heavy atom. The maximum atomic E-state index is 12.9. The van der Waals surface area contributed by atoms with Crippen LogP contribution in [0.1, 0.15) is 12.8 Å². The fraction of sp³-hybridized carbons (Fsp3) is 0.238. The van der Waals surface area contributed by atoms with E-state index in [1.165, 1.54) is 0 Å². The summed E-state index contributed by atoms with van der Waals surface area (Å²) in [5.41, 5.74) is 5.18. The Bertz CT molecular complexity index is 1300. The quantitative estimate of drug-likeness (QED) is 0.506. The highest BCUT2D eigenvalue weighted by molar-refractivity contribution is 7.91. The van der Waals surface area contributed by atoms with Crippen LogP contribution in [0.2, 0.25) is 0 Å². The maximum absolute atomic E-state index is 12.9. The van der Waals surface area contributed by atoms with Crippen LogP contribution < -0.4 is 5.32 Å². The predicted molar refractivity (Wildman–Crippen MR) is 116 cm³/mol. The second kappa shape index (κ2) is 7.37. The van der Waals surface area contributed by atoms with E-state index in [0.29, 0.717) is 11.5 Å². The van der Waals surface area contributed by atoms with Gasteiger partial charge >= 0.3 is 0 Å². The molecule has 1 aliphatic rings. The van der Waals surface area contributed by atoms with E-state index in [-0.39, 0.29) is 11.9 Å². The number of hydrogen-bond donors (Lipinski definition) is 1. The zero-order valence-corrected chi connectivity index (χ0v) is 17.2. The van der Waals surface area contributed by atoms with Crippen LogP contribution in [0.25, 0.3) is 21.1 Å². The van der Waals surface area contributed by atoms with E-state index in [4.69, 9.17) is 4.74 Å². The number of nitrogens with zero attached hydrogens (tertiary/aromatic N) is 2. The second-order valence-electron chi connectivity index (χ2n) is 7.11. The van der Waals surface area contributed by atoms with Crippen LogP contribution in [0.15, 0.2) is 59.1 Å². The Hall–Kier alpha value is -2.55. The van der Waals surface area contributed by atoms with Crippen molar-refractivity contribution in [1.29, 1.82) is 0 Å². The summed E-state index contributed by atoms with van der Waals surface area (Å²) < 4.78 is 32.4. The highest BCUT2D eigenvalue weighted by Crippen LogP contribution is 2.30. The van der Waals surface area contributed by atoms with Gasteiger partial charge in [0.15, 0.2) is 9.84 Å². The number of hydrogen-bond acceptors (Lipinski definition) is 7. The largest absolute Gasteiger partial charge is 0.377 e. The molecule has 0 bridgehead atoms. The summed E-state index contributed by atoms with van der Waals surface area (Å²) >= 11 is 1.60. The highest BCUT2D eigenvalue weighted by atomic mass is 32.2. The van der Waals surface area contributed by atoms with E-state index in [2.05, 4.69) is 15.3 Å². The summed E-state index contributed by atoms with van der Waals surface area (Å²) in [5, 5.41) is 4.15. The Morgan fingerprint density at radius 3 is 2.90 bits per heavy atom. The standard InChI is InChI=1S/C21H19N3O3S2/c25-29(26,12-15-2-1-9-27-15)16-4-5-18-17(11-16)19(7-8-22-18)24-14-3-6-21-20(10-14)23-13-28-21/h3-8,10-11,13,15H,1-2,9,12H2,(H,22,24). The summed E-state index contributed by atoms with van der Waals surface area (Å²) in [6.45, 7) is 0.638. The first kappa shape index (κ1) is 18.5. The van der Waals surface area contributed by atoms with Gasteiger partial charge in [-0.05, 0) is 55.3 Å². The van der Waals surface area contributed by atoms with E-state index < -0.39 is 9.84 Å². The first-order valence-electron chi connectivity index (χ1n) is 9.42. The molecule has 1 unspecified atom stereocenters. The van der Waals surface area contributed by atoms with Crippen molar-refractivity contribution in [3.05, 3.63) is 54.2 Å². The van der Waals surface area contributed by atoms with Crippen LogP contribution in [0.4, 0.5) is 11.4 Å². The molecule has 1 saturated heterocycles. The fourth-order valence-electron chi connectivity index (χ4n) is 3.64. The number of aromatic nitrogens is 2. The molecule has 4 aromatic rings. The number of benzene rings is 2. The van der Waals surface area contributed by atoms with Crippen molar-refractivity contribution in [2.24, 2.45) is 0 Å². The molecule has 0 spiro atoms. The third-order valence-electron chi connectivity index (χ3n) is 5.11. The van der Waals surface area contributed by atoms with Crippen LogP contribution in [0, 0.1) is 0 Å². The van der Waals surface area contributed by atoms with E-state index >= 15 is 0 Å². The number of rotatable bonds is 5. The lowest BCUT2D eigenvalue weighted by Gasteiger charge is -2.13. The van der Waals surface area contributed by atoms with Crippen molar-refractivity contribution in [2.75, 3.05) is 17.7 Å². The molecule has 6 nitrogen and oxygen atoms in total. The van der Waals surface area contributed by atoms with Crippen molar-refractivity contribution in [1.82, 2.24) is 9.97 Å². The summed E-state index contributed by atoms with van der Waals surface area (Å²) in [5.74, 6) is 0.0159. The van der Waals surface area contributed by atoms with Gasteiger partial charge in [0, 0.05) is 29.6 Å². The van der Waals surface area contributed by atoms with Gasteiger partial charge in [-0.1, -0.05) is 0 Å². The molecule has 1 aliphatic heterocycles. The zero-order valence-electron chi connectivity index (χ0n) is 15.5. The normalized spacial score (nSPS) is 17.2. The van der Waals surface area contributed by atoms with Crippen LogP contribution in [0.3, 0.4) is 0 Å². The molecule has 0 amide bonds. The first-order chi connectivity index (χ1) is 14.1. The molecule has 2 aromatic heterocycles. The van der Waals surface area contributed by atoms with Crippen molar-refractivity contribution in [2.45, 2.75) is 23.8 Å². The van der Waals surface area contributed by atoms with Crippen molar-refractivity contribution in [3.63, 3.8) is 0 Å². The van der Waals surface area contributed by atoms with Gasteiger partial charge in [0.2, 0.25) is 0 Å². The van der Waals surface area contributed by atoms with Gasteiger partial charge in [-0.15, -0.1) is 11.3 Å². The molecule has 0 saturated carbocycles. The van der Waals surface area contributed by atoms with E-state index in [1.54, 1.807) is 35.7 Å². The van der Waals surface area contributed by atoms with Gasteiger partial charge < -0.3 is 10.1 Å². The Morgan fingerprint density at radius 1 is 1.10 bits per heavy atom. The molecule has 29 heavy (non-hydrogen) atoms. The number of thiazole rings is 1. The van der Waals surface area contributed by atoms with Gasteiger partial charge in [0.05, 0.1) is 38.0 Å². The lowest BCUT2D eigenvalue weighted by Crippen LogP contribution is -2.20. The van der Waals surface area contributed by atoms with E-state index in [9.17, 15) is 8.42 Å². The number of anilines is 2. The molecule has 1 fully saturated rings. The molecule has 2 aromatic carbocycles. The molecule has 1 atom stereocenters. The summed E-state index contributed by atoms with van der Waals surface area (Å²) in [4.78, 5) is 9.03. The van der Waals surface area contributed by atoms with Crippen molar-refractivity contribution < 1.29 is 13.2 Å². The Kier molecular flexibility index (Phi) is 4.69. The van der Waals surface area contributed by atoms with Crippen molar-refractivity contribution >= 4 is 53.7 Å². The minimum absolute atomic E-state index is 0.0159. The van der Waals surface area contributed by atoms with Gasteiger partial charge in [0.25, 0.3) is 0 Å². The molecule has 3 heterocycles. The Labute approximate surface area is 172 Å². The third kappa shape index (κ3) is 3.71. The van der Waals surface area contributed by atoms with Crippen LogP contribution in [0.5, 0.6) is 0 Å². The number of sulfone groups is 1. The number of ether oxygens (including phenoxy) is 1. The molecular formula is C21H19N3O3S2. The number of nitrogens with one attached hydrogen (secondary N) is 1. The molecule has 8 heteroatoms. The average Bonchev–Trinajstić information content (AvgIpc) is 3.39. The van der Waals surface area contributed by atoms with Crippen molar-refractivity contribution in [3.8, 4) is 0 Å². The number of fused-ring (bicyclic) bond motifs is 2. The minimum atomic E-state index is -3.44. The SMILES string of the molecule is O=S(=O)(CC1CCCO1)c1ccc2nccc(Nc3ccc4scnc4c3)c2c1. The van der Waals surface area contributed by atoms with E-state index in [0.717, 1.165) is 45.3 Å². The number of pyridine rings is 1. The Balaban J connectivity index is 1.51. The van der Waals surface area contributed by atoms with Gasteiger partial charge in [-0.3, -0.25) is 4.98 Å². The van der Waals surface area contributed by atoms with Crippen LogP contribution in [-0.4, -0.2) is 36.8 Å². The smallest absolute Gasteiger partial charge is 0.180 e. The second-order valence-corrected chi connectivity index (χ2v) is 10.0. The predicted octanol–water partition coefficient (Wildman–Crippen LogP) is 4.54. The lowest BCUT2D eigenvalue weighted by atomic mass is 10.2. The van der Waals surface area contributed by atoms with Gasteiger partial charge in [-0.25, -0.2) is 13.4 Å². The fourth-order valence-corrected chi connectivity index (χ4v) is 5.81. The zero-order chi connectivity index (χ0) is 19.8. The summed E-state index contributed by atoms with van der Waals surface area (Å²) in [7, 11) is -3.44. The summed E-state index contributed by atoms with van der Waals surface area (Å²) in [6.07, 6.45) is 3.21. The van der Waals surface area contributed by atoms with Crippen LogP contribution >= 0.6 is 11.3 Å². The first-order valence-corrected chi connectivity index (χ1v) is 12.0. The molecular weight excluding hydrogens is 406 g/mol. The molecule has 0 radical (unpaired) electrons. The van der Waals surface area contributed by atoms with E-state index in [1.807, 2.05) is 29.8 Å². The molecule has 5 rings (SSSR count). The molecule has 0 aliphatic carbocycles. The lowest BCUT2D eigenvalue weighted by molar-refractivity contribution is 0.127. The topological polar surface area (TPSA) is 81.2 Å².